The quantitative estimate of drug-likeness (QED) is 0.821. The molecule has 3 heteroatoms. The summed E-state index contributed by atoms with van der Waals surface area (Å²) in [5.41, 5.74) is 4.02. The van der Waals surface area contributed by atoms with Crippen molar-refractivity contribution in [3.05, 3.63) is 57.8 Å². The zero-order valence-electron chi connectivity index (χ0n) is 10.4. The molecule has 0 amide bonds. The SMILES string of the molecule is CCc1ccc(Nc2cc(F)ccc2C)c(Br)c1. The molecule has 0 saturated carbocycles. The molecule has 2 aromatic rings. The van der Waals surface area contributed by atoms with Crippen LogP contribution < -0.4 is 5.32 Å². The van der Waals surface area contributed by atoms with Gasteiger partial charge in [0, 0.05) is 10.2 Å². The minimum absolute atomic E-state index is 0.232. The highest BCUT2D eigenvalue weighted by atomic mass is 79.9. The summed E-state index contributed by atoms with van der Waals surface area (Å²) >= 11 is 3.53. The Bertz CT molecular complexity index is 566. The third-order valence-electron chi connectivity index (χ3n) is 2.91. The van der Waals surface area contributed by atoms with Gasteiger partial charge in [-0.25, -0.2) is 4.39 Å². The van der Waals surface area contributed by atoms with Gasteiger partial charge in [-0.1, -0.05) is 19.1 Å². The minimum atomic E-state index is -0.232. The molecule has 0 unspecified atom stereocenters. The third kappa shape index (κ3) is 2.91. The lowest BCUT2D eigenvalue weighted by Gasteiger charge is -2.12. The first kappa shape index (κ1) is 13.1. The maximum absolute atomic E-state index is 13.2. The van der Waals surface area contributed by atoms with E-state index in [0.29, 0.717) is 0 Å². The first-order valence-corrected chi connectivity index (χ1v) is 6.71. The van der Waals surface area contributed by atoms with Crippen molar-refractivity contribution in [2.75, 3.05) is 5.32 Å². The lowest BCUT2D eigenvalue weighted by atomic mass is 10.1. The van der Waals surface area contributed by atoms with Gasteiger partial charge in [0.2, 0.25) is 0 Å². The Kier molecular flexibility index (Phi) is 4.02. The van der Waals surface area contributed by atoms with E-state index in [0.717, 1.165) is 27.8 Å². The van der Waals surface area contributed by atoms with Gasteiger partial charge in [-0.05, 0) is 64.7 Å². The second-order valence-corrected chi connectivity index (χ2v) is 5.11. The molecule has 0 spiro atoms. The predicted molar refractivity (Wildman–Crippen MR) is 77.9 cm³/mol. The summed E-state index contributed by atoms with van der Waals surface area (Å²) < 4.78 is 14.2. The Morgan fingerprint density at radius 3 is 2.56 bits per heavy atom. The smallest absolute Gasteiger partial charge is 0.125 e. The molecule has 2 aromatic carbocycles. The largest absolute Gasteiger partial charge is 0.354 e. The lowest BCUT2D eigenvalue weighted by molar-refractivity contribution is 0.628. The molecule has 0 fully saturated rings. The second kappa shape index (κ2) is 5.53. The van der Waals surface area contributed by atoms with Crippen LogP contribution in [0.3, 0.4) is 0 Å². The molecular weight excluding hydrogens is 293 g/mol. The van der Waals surface area contributed by atoms with Gasteiger partial charge in [0.05, 0.1) is 5.69 Å². The van der Waals surface area contributed by atoms with Crippen LogP contribution in [-0.4, -0.2) is 0 Å². The molecule has 0 aliphatic heterocycles. The van der Waals surface area contributed by atoms with Crippen molar-refractivity contribution < 1.29 is 4.39 Å². The molecule has 0 saturated heterocycles. The number of halogens is 2. The minimum Gasteiger partial charge on any atom is -0.354 e. The predicted octanol–water partition coefficient (Wildman–Crippen LogP) is 5.20. The molecule has 0 heterocycles. The molecule has 0 aliphatic rings. The van der Waals surface area contributed by atoms with Crippen LogP contribution in [0.25, 0.3) is 0 Å². The van der Waals surface area contributed by atoms with Gasteiger partial charge in [0.15, 0.2) is 0 Å². The van der Waals surface area contributed by atoms with Crippen LogP contribution in [0.1, 0.15) is 18.1 Å². The number of rotatable bonds is 3. The van der Waals surface area contributed by atoms with Gasteiger partial charge in [-0.15, -0.1) is 0 Å². The van der Waals surface area contributed by atoms with Gasteiger partial charge >= 0.3 is 0 Å². The van der Waals surface area contributed by atoms with E-state index in [1.54, 1.807) is 6.07 Å². The Labute approximate surface area is 115 Å². The molecule has 2 rings (SSSR count). The number of nitrogens with one attached hydrogen (secondary N) is 1. The fourth-order valence-corrected chi connectivity index (χ4v) is 2.28. The topological polar surface area (TPSA) is 12.0 Å². The highest BCUT2D eigenvalue weighted by molar-refractivity contribution is 9.10. The number of anilines is 2. The van der Waals surface area contributed by atoms with Crippen molar-refractivity contribution in [1.29, 1.82) is 0 Å². The molecule has 1 N–H and O–H groups in total. The number of hydrogen-bond donors (Lipinski definition) is 1. The van der Waals surface area contributed by atoms with E-state index in [4.69, 9.17) is 0 Å². The van der Waals surface area contributed by atoms with E-state index in [-0.39, 0.29) is 5.82 Å². The third-order valence-corrected chi connectivity index (χ3v) is 3.57. The van der Waals surface area contributed by atoms with Crippen LogP contribution in [0, 0.1) is 12.7 Å². The Morgan fingerprint density at radius 2 is 1.89 bits per heavy atom. The average Bonchev–Trinajstić information content (AvgIpc) is 2.36. The second-order valence-electron chi connectivity index (χ2n) is 4.25. The van der Waals surface area contributed by atoms with E-state index in [1.807, 2.05) is 13.0 Å². The van der Waals surface area contributed by atoms with Gasteiger partial charge in [-0.3, -0.25) is 0 Å². The summed E-state index contributed by atoms with van der Waals surface area (Å²) in [5, 5.41) is 3.25. The molecule has 0 radical (unpaired) electrons. The van der Waals surface area contributed by atoms with Crippen LogP contribution in [0.5, 0.6) is 0 Å². The molecule has 18 heavy (non-hydrogen) atoms. The van der Waals surface area contributed by atoms with Crippen molar-refractivity contribution >= 4 is 27.3 Å². The van der Waals surface area contributed by atoms with Gasteiger partial charge in [-0.2, -0.15) is 0 Å². The number of aryl methyl sites for hydroxylation is 2. The highest BCUT2D eigenvalue weighted by Crippen LogP contribution is 2.28. The van der Waals surface area contributed by atoms with Crippen molar-refractivity contribution in [3.8, 4) is 0 Å². The van der Waals surface area contributed by atoms with Crippen molar-refractivity contribution in [3.63, 3.8) is 0 Å². The van der Waals surface area contributed by atoms with Crippen LogP contribution >= 0.6 is 15.9 Å². The summed E-state index contributed by atoms with van der Waals surface area (Å²) in [7, 11) is 0. The zero-order valence-corrected chi connectivity index (χ0v) is 12.0. The van der Waals surface area contributed by atoms with Crippen molar-refractivity contribution in [2.45, 2.75) is 20.3 Å². The van der Waals surface area contributed by atoms with Crippen molar-refractivity contribution in [2.24, 2.45) is 0 Å². The van der Waals surface area contributed by atoms with Crippen molar-refractivity contribution in [1.82, 2.24) is 0 Å². The number of benzene rings is 2. The molecule has 0 aromatic heterocycles. The lowest BCUT2D eigenvalue weighted by Crippen LogP contribution is -1.95. The summed E-state index contributed by atoms with van der Waals surface area (Å²) in [5.74, 6) is -0.232. The first-order valence-electron chi connectivity index (χ1n) is 5.91. The normalized spacial score (nSPS) is 10.4. The Balaban J connectivity index is 2.31. The molecule has 0 bridgehead atoms. The van der Waals surface area contributed by atoms with Crippen LogP contribution in [0.15, 0.2) is 40.9 Å². The fraction of sp³-hybridized carbons (Fsp3) is 0.200. The van der Waals surface area contributed by atoms with E-state index in [2.05, 4.69) is 40.3 Å². The molecule has 1 nitrogen and oxygen atoms in total. The van der Waals surface area contributed by atoms with Crippen LogP contribution in [0.2, 0.25) is 0 Å². The highest BCUT2D eigenvalue weighted by Gasteiger charge is 2.04. The van der Waals surface area contributed by atoms with E-state index >= 15 is 0 Å². The Morgan fingerprint density at radius 1 is 1.11 bits per heavy atom. The van der Waals surface area contributed by atoms with E-state index in [1.165, 1.54) is 17.7 Å². The monoisotopic (exact) mass is 307 g/mol. The maximum atomic E-state index is 13.2. The Hall–Kier alpha value is -1.35. The molecule has 0 atom stereocenters. The average molecular weight is 308 g/mol. The first-order chi connectivity index (χ1) is 8.60. The summed E-state index contributed by atoms with van der Waals surface area (Å²) in [6, 6.07) is 10.9. The van der Waals surface area contributed by atoms with Crippen LogP contribution in [-0.2, 0) is 6.42 Å². The standard InChI is InChI=1S/C15H15BrFN/c1-3-11-5-7-14(13(16)8-11)18-15-9-12(17)6-4-10(15)2/h4-9,18H,3H2,1-2H3. The van der Waals surface area contributed by atoms with Gasteiger partial charge in [0.25, 0.3) is 0 Å². The molecule has 94 valence electrons. The van der Waals surface area contributed by atoms with E-state index < -0.39 is 0 Å². The fourth-order valence-electron chi connectivity index (χ4n) is 1.75. The van der Waals surface area contributed by atoms with Crippen LogP contribution in [0.4, 0.5) is 15.8 Å². The molecular formula is C15H15BrFN. The summed E-state index contributed by atoms with van der Waals surface area (Å²) in [4.78, 5) is 0. The summed E-state index contributed by atoms with van der Waals surface area (Å²) in [6.07, 6.45) is 0.998. The summed E-state index contributed by atoms with van der Waals surface area (Å²) in [6.45, 7) is 4.07. The number of hydrogen-bond acceptors (Lipinski definition) is 1. The molecule has 0 aliphatic carbocycles. The van der Waals surface area contributed by atoms with Gasteiger partial charge in [0.1, 0.15) is 5.82 Å². The van der Waals surface area contributed by atoms with E-state index in [9.17, 15) is 4.39 Å². The maximum Gasteiger partial charge on any atom is 0.125 e. The van der Waals surface area contributed by atoms with Gasteiger partial charge < -0.3 is 5.32 Å². The zero-order chi connectivity index (χ0) is 13.1.